The smallest absolute Gasteiger partial charge is 0.423 e. The third kappa shape index (κ3) is 33.7. The van der Waals surface area contributed by atoms with Crippen LogP contribution in [0.4, 0.5) is 52.7 Å². The van der Waals surface area contributed by atoms with Crippen molar-refractivity contribution in [2.75, 3.05) is 26.1 Å². The number of esters is 4. The van der Waals surface area contributed by atoms with Crippen molar-refractivity contribution in [2.24, 2.45) is 0 Å². The fourth-order valence-electron chi connectivity index (χ4n) is 10.2. The number of aromatic nitrogens is 8. The first-order valence-corrected chi connectivity index (χ1v) is 44.3. The number of nitrogens with one attached hydrogen (secondary N) is 4. The number of aromatic amines is 4. The van der Waals surface area contributed by atoms with Crippen LogP contribution in [0.25, 0.3) is 0 Å². The van der Waals surface area contributed by atoms with E-state index < -0.39 is 188 Å². The van der Waals surface area contributed by atoms with Gasteiger partial charge in [0.05, 0.1) is 35.0 Å². The Kier molecular flexibility index (Phi) is 39.3. The predicted octanol–water partition coefficient (Wildman–Crippen LogP) is 13.8. The van der Waals surface area contributed by atoms with Crippen LogP contribution >= 0.6 is 35.3 Å². The molecule has 0 spiro atoms. The second-order valence-corrected chi connectivity index (χ2v) is 40.6. The van der Waals surface area contributed by atoms with Crippen molar-refractivity contribution in [2.45, 2.75) is 187 Å². The Bertz CT molecular complexity index is 5170. The summed E-state index contributed by atoms with van der Waals surface area (Å²) < 4.78 is 202. The summed E-state index contributed by atoms with van der Waals surface area (Å²) in [6.45, 7) is 19.8. The summed E-state index contributed by atoms with van der Waals surface area (Å²) in [5, 5.41) is 18.4. The number of halogens is 14. The molecule has 3 aliphatic heterocycles. The number of alkyl halides is 13. The molecule has 0 saturated carbocycles. The molecule has 122 heavy (non-hydrogen) atoms. The first-order chi connectivity index (χ1) is 56.0. The van der Waals surface area contributed by atoms with Gasteiger partial charge in [-0.25, -0.2) is 38.5 Å². The Labute approximate surface area is 707 Å². The molecule has 3 saturated heterocycles. The Hall–Kier alpha value is -10.00. The molecule has 28 nitrogen and oxygen atoms in total. The number of ether oxygens (including phenoxy) is 7. The van der Waals surface area contributed by atoms with Gasteiger partial charge in [-0.05, 0) is 109 Å². The number of benzene rings is 4. The summed E-state index contributed by atoms with van der Waals surface area (Å²) in [5.74, 6) is -2.44. The highest BCUT2D eigenvalue weighted by atomic mass is 35.6. The van der Waals surface area contributed by atoms with Gasteiger partial charge in [-0.1, -0.05) is 117 Å². The van der Waals surface area contributed by atoms with Gasteiger partial charge in [0.25, 0.3) is 16.7 Å². The van der Waals surface area contributed by atoms with E-state index in [1.165, 1.54) is 11.9 Å². The molecular formula is C77H92Cl2F12N8O20SSi2. The second-order valence-electron chi connectivity index (χ2n) is 28.2. The third-order valence-corrected chi connectivity index (χ3v) is 17.1. The average molecular weight is 1840 g/mol. The number of nitrogens with zero attached hydrogens (tertiary/aromatic N) is 4. The van der Waals surface area contributed by atoms with Crippen LogP contribution in [0.1, 0.15) is 140 Å². The molecule has 4 aromatic carbocycles. The standard InChI is InChI=1S/C26H23F3N2O7.C21H21ClO5.C10H11F3N2O5.C9H13F3N2OSi.C5H3F3N2O2.C3H9ClSi.CH4S.2CH4/c1-14-3-7-16(8-4-14)23(33)36-13-20-19(38-24(34)17-9-5-15(2)6-10-17)11-21(37-20)31-12-18(26(27,28)29)22(32)30-25(31)35;1-13-3-7-15(8-4-13)20(23)25-12-18-17(11-19(22)26-18)27-21(24)16-9-5-14(2)6-10-16;11-10(12,13)4-2-15(9(19)14-8(4)18)7-1-5(17)6(3-16)20-7;1-6-13-5-7(9(10,11)12)8(14-6)15-16(2,3)4;6-5(7,8)2-1-9-4(12)10-3(2)11;1-5(2,3)4;1-2;;/h3-10,12,19-21H,11,13H2,1-2H3,(H,30,32,35);3-10,17-19H,11-12H2,1-2H3;2,5-7,16-17H,1,3H2,(H,14,18,19);5H,1-4H3;1H,(H2,9,10,11,12);1-3H3;2H,1H3;2*1H4/t19-,20-,21-;17-,18-,19+;5-,6-,7-;;;;;;/m111....../s1/i;;;;;;1D;;. The van der Waals surface area contributed by atoms with Gasteiger partial charge in [0.2, 0.25) is 14.2 Å². The highest BCUT2D eigenvalue weighted by Gasteiger charge is 2.45. The lowest BCUT2D eigenvalue weighted by molar-refractivity contribution is -0.140. The summed E-state index contributed by atoms with van der Waals surface area (Å²) in [6, 6.07) is 27.2. The highest BCUT2D eigenvalue weighted by molar-refractivity contribution is 7.79. The van der Waals surface area contributed by atoms with Gasteiger partial charge in [0.1, 0.15) is 97.2 Å². The van der Waals surface area contributed by atoms with Crippen LogP contribution in [0.3, 0.4) is 0 Å². The maximum atomic E-state index is 13.3. The Morgan fingerprint density at radius 2 is 0.877 bits per heavy atom. The molecule has 4 aromatic heterocycles. The monoisotopic (exact) mass is 1840 g/mol. The summed E-state index contributed by atoms with van der Waals surface area (Å²) in [7, 11) is -3.26. The number of rotatable bonds is 15. The minimum atomic E-state index is -5.03. The van der Waals surface area contributed by atoms with Crippen LogP contribution in [0.15, 0.2) is 151 Å². The molecule has 672 valence electrons. The number of hydrogen-bond acceptors (Lipinski definition) is 23. The van der Waals surface area contributed by atoms with Crippen molar-refractivity contribution >= 4 is 74.9 Å². The lowest BCUT2D eigenvalue weighted by atomic mass is 10.1. The normalized spacial score (nSPS) is 18.7. The number of aliphatic hydroxyl groups is 2. The number of carbonyl (C=O) groups is 4. The number of aliphatic hydroxyl groups excluding tert-OH is 2. The fraction of sp³-hybridized carbons (Fsp3) is 0.429. The van der Waals surface area contributed by atoms with E-state index in [0.717, 1.165) is 28.5 Å². The average Bonchev–Trinajstić information content (AvgIpc) is 1.75. The number of aryl methyl sites for hydroxylation is 5. The van der Waals surface area contributed by atoms with Crippen molar-refractivity contribution in [3.63, 3.8) is 0 Å². The highest BCUT2D eigenvalue weighted by Crippen LogP contribution is 2.37. The van der Waals surface area contributed by atoms with E-state index in [0.29, 0.717) is 45.3 Å². The molecule has 9 atom stereocenters. The molecular weight excluding hydrogens is 1740 g/mol. The van der Waals surface area contributed by atoms with Crippen molar-refractivity contribution in [3.05, 3.63) is 257 Å². The molecule has 0 amide bonds. The molecule has 0 unspecified atom stereocenters. The zero-order valence-corrected chi connectivity index (χ0v) is 69.9. The molecule has 0 radical (unpaired) electrons. The Balaban J connectivity index is 0.000000405. The fourth-order valence-corrected chi connectivity index (χ4v) is 11.3. The molecule has 0 aliphatic carbocycles. The van der Waals surface area contributed by atoms with Crippen LogP contribution in [0, 0.1) is 34.6 Å². The number of thiol groups is 1. The zero-order valence-electron chi connectivity index (χ0n) is 66.5. The minimum Gasteiger partial charge on any atom is -0.531 e. The summed E-state index contributed by atoms with van der Waals surface area (Å²) in [5.41, 5.74) is -8.51. The van der Waals surface area contributed by atoms with Crippen LogP contribution in [-0.4, -0.2) is 157 Å². The largest absolute Gasteiger partial charge is 0.531 e. The first kappa shape index (κ1) is 104. The number of H-pyrrole nitrogens is 4. The quantitative estimate of drug-likeness (QED) is 0.00953. The van der Waals surface area contributed by atoms with Crippen molar-refractivity contribution in [1.29, 1.82) is 0 Å². The second kappa shape index (κ2) is 45.9. The molecule has 45 heteroatoms. The van der Waals surface area contributed by atoms with Gasteiger partial charge in [0, 0.05) is 45.4 Å². The van der Waals surface area contributed by atoms with Crippen LogP contribution < -0.4 is 38.2 Å². The SMILES string of the molecule is C.C.C[Si](C)(C)Cl.Cc1ccc(C(=O)OC[C@H]2O[C@@H](n3cc(C(F)(F)F)c(=O)[nH]c3=O)C[C@H]2OC(=O)c2ccc(C)cc2)cc1.Cc1ccc(C(=O)OC[C@H]2O[C@H](Cl)C[C@H]2OC(=O)c2ccc(C)cc2)cc1.Cc1ncc(C(F)(F)F)c(O[Si](C)(C)C)n1.O=c1[nH]c(=O)n([C@H]2C[C@@H](O)[C@@H](CO)O2)cc1C(F)(F)F.O=c1[nH]cc(C(F)(F)F)c(=O)[nH]1.[2H]CS. The summed E-state index contributed by atoms with van der Waals surface area (Å²) in [6.07, 6.45) is -25.3. The molecule has 3 aliphatic rings. The van der Waals surface area contributed by atoms with E-state index in [2.05, 4.69) is 42.2 Å². The molecule has 3 fully saturated rings. The lowest BCUT2D eigenvalue weighted by Crippen LogP contribution is -2.36. The van der Waals surface area contributed by atoms with E-state index in [1.807, 2.05) is 52.0 Å². The van der Waals surface area contributed by atoms with Crippen LogP contribution in [-0.2, 0) is 57.9 Å². The van der Waals surface area contributed by atoms with Gasteiger partial charge in [-0.15, -0.1) is 0 Å². The van der Waals surface area contributed by atoms with Crippen molar-refractivity contribution in [3.8, 4) is 5.88 Å². The maximum Gasteiger partial charge on any atom is 0.423 e. The van der Waals surface area contributed by atoms with E-state index >= 15 is 0 Å². The minimum absolute atomic E-state index is 0. The summed E-state index contributed by atoms with van der Waals surface area (Å²) in [4.78, 5) is 131. The van der Waals surface area contributed by atoms with Crippen LogP contribution in [0.2, 0.25) is 39.3 Å². The van der Waals surface area contributed by atoms with Gasteiger partial charge in [-0.3, -0.25) is 38.5 Å². The van der Waals surface area contributed by atoms with E-state index in [1.54, 1.807) is 107 Å². The van der Waals surface area contributed by atoms with Crippen LogP contribution in [0.5, 0.6) is 5.88 Å². The zero-order chi connectivity index (χ0) is 91.2. The number of hydrogen-bond donors (Lipinski definition) is 7. The lowest BCUT2D eigenvalue weighted by Gasteiger charge is -2.21. The molecule has 6 N–H and O–H groups in total. The van der Waals surface area contributed by atoms with E-state index in [9.17, 15) is 106 Å². The molecule has 7 heterocycles. The van der Waals surface area contributed by atoms with Crippen molar-refractivity contribution < 1.29 is 121 Å². The Morgan fingerprint density at radius 1 is 0.541 bits per heavy atom. The predicted molar refractivity (Wildman–Crippen MR) is 432 cm³/mol. The molecule has 0 bridgehead atoms. The van der Waals surface area contributed by atoms with Gasteiger partial charge >= 0.3 is 65.7 Å². The summed E-state index contributed by atoms with van der Waals surface area (Å²) >= 11 is 15.2. The van der Waals surface area contributed by atoms with Gasteiger partial charge < -0.3 is 52.8 Å². The Morgan fingerprint density at radius 3 is 1.22 bits per heavy atom. The third-order valence-electron chi connectivity index (χ3n) is 16.0. The molecule has 11 rings (SSSR count). The van der Waals surface area contributed by atoms with E-state index in [-0.39, 0.29) is 63.4 Å². The molecule has 8 aromatic rings. The maximum absolute atomic E-state index is 13.3. The van der Waals surface area contributed by atoms with Gasteiger partial charge in [0.15, 0.2) is 0 Å². The topological polar surface area (TPSA) is 384 Å². The van der Waals surface area contributed by atoms with Crippen molar-refractivity contribution in [1.82, 2.24) is 39.0 Å². The van der Waals surface area contributed by atoms with Gasteiger partial charge in [-0.2, -0.15) is 81.4 Å². The first-order valence-electron chi connectivity index (χ1n) is 36.1. The number of carbonyl (C=O) groups excluding carboxylic acids is 4. The van der Waals surface area contributed by atoms with E-state index in [4.69, 9.17) is 66.7 Å².